The molecule has 0 radical (unpaired) electrons. The first-order valence-electron chi connectivity index (χ1n) is 10.5. The number of hydrogen-bond donors (Lipinski definition) is 0. The van der Waals surface area contributed by atoms with Gasteiger partial charge in [-0.25, -0.2) is 0 Å². The van der Waals surface area contributed by atoms with Crippen molar-refractivity contribution in [2.75, 3.05) is 51.5 Å². The zero-order valence-corrected chi connectivity index (χ0v) is 19.0. The minimum atomic E-state index is -0.313. The van der Waals surface area contributed by atoms with Crippen LogP contribution in [0.4, 0.5) is 10.5 Å². The molecular weight excluding hydrogens is 428 g/mol. The van der Waals surface area contributed by atoms with Gasteiger partial charge in [0.1, 0.15) is 18.1 Å². The third-order valence-electron chi connectivity index (χ3n) is 5.36. The molecule has 2 amide bonds. The van der Waals surface area contributed by atoms with Crippen molar-refractivity contribution in [1.82, 2.24) is 4.90 Å². The molecule has 7 nitrogen and oxygen atoms in total. The minimum absolute atomic E-state index is 0.197. The van der Waals surface area contributed by atoms with Crippen LogP contribution in [-0.2, 0) is 9.53 Å². The maximum atomic E-state index is 12.8. The number of anilines is 1. The van der Waals surface area contributed by atoms with Gasteiger partial charge >= 0.3 is 0 Å². The van der Waals surface area contributed by atoms with Crippen molar-refractivity contribution in [3.8, 4) is 11.5 Å². The van der Waals surface area contributed by atoms with Crippen LogP contribution in [0.2, 0.25) is 0 Å². The summed E-state index contributed by atoms with van der Waals surface area (Å²) < 4.78 is 16.6. The molecule has 168 valence electrons. The second-order valence-electron chi connectivity index (χ2n) is 7.52. The van der Waals surface area contributed by atoms with Gasteiger partial charge < -0.3 is 19.1 Å². The van der Waals surface area contributed by atoms with E-state index in [4.69, 9.17) is 14.2 Å². The van der Waals surface area contributed by atoms with Crippen molar-refractivity contribution in [3.05, 3.63) is 58.5 Å². The molecule has 32 heavy (non-hydrogen) atoms. The van der Waals surface area contributed by atoms with Crippen LogP contribution in [0, 0.1) is 6.92 Å². The van der Waals surface area contributed by atoms with Crippen LogP contribution in [0.25, 0.3) is 6.08 Å². The fraction of sp³-hybridized carbons (Fsp3) is 0.333. The Bertz CT molecular complexity index is 1020. The lowest BCUT2D eigenvalue weighted by Gasteiger charge is -2.29. The molecule has 2 fully saturated rings. The number of methoxy groups -OCH3 is 1. The summed E-state index contributed by atoms with van der Waals surface area (Å²) in [7, 11) is 1.60. The fourth-order valence-corrected chi connectivity index (χ4v) is 4.42. The van der Waals surface area contributed by atoms with E-state index in [9.17, 15) is 9.59 Å². The van der Waals surface area contributed by atoms with E-state index in [1.54, 1.807) is 13.2 Å². The summed E-state index contributed by atoms with van der Waals surface area (Å²) >= 11 is 0.937. The number of aryl methyl sites for hydroxylation is 1. The summed E-state index contributed by atoms with van der Waals surface area (Å²) in [6, 6.07) is 13.5. The monoisotopic (exact) mass is 454 g/mol. The standard InChI is InChI=1S/C24H26N2O5S/c1-17-3-7-20(8-4-17)31-14-11-26-23(27)22(32-24(26)28)15-18-5-6-19(16-21(18)29-2)25-9-12-30-13-10-25/h3-8,15-16H,9-14H2,1-2H3/b22-15-. The second kappa shape index (κ2) is 10.1. The molecular formula is C24H26N2O5S. The number of rotatable bonds is 7. The SMILES string of the molecule is COc1cc(N2CCOCC2)ccc1/C=C1\SC(=O)N(CCOc2ccc(C)cc2)C1=O. The van der Waals surface area contributed by atoms with Gasteiger partial charge in [0.15, 0.2) is 0 Å². The maximum absolute atomic E-state index is 12.8. The smallest absolute Gasteiger partial charge is 0.293 e. The lowest BCUT2D eigenvalue weighted by atomic mass is 10.1. The molecule has 0 aliphatic carbocycles. The van der Waals surface area contributed by atoms with Crippen LogP contribution in [-0.4, -0.2) is 62.6 Å². The maximum Gasteiger partial charge on any atom is 0.293 e. The lowest BCUT2D eigenvalue weighted by molar-refractivity contribution is -0.123. The highest BCUT2D eigenvalue weighted by Crippen LogP contribution is 2.35. The molecule has 2 aromatic carbocycles. The van der Waals surface area contributed by atoms with Gasteiger partial charge in [0.2, 0.25) is 0 Å². The predicted octanol–water partition coefficient (Wildman–Crippen LogP) is 3.96. The highest BCUT2D eigenvalue weighted by molar-refractivity contribution is 8.18. The summed E-state index contributed by atoms with van der Waals surface area (Å²) in [5.74, 6) is 1.05. The van der Waals surface area contributed by atoms with Crippen LogP contribution in [0.1, 0.15) is 11.1 Å². The Balaban J connectivity index is 1.43. The number of thioether (sulfide) groups is 1. The molecule has 2 aliphatic rings. The van der Waals surface area contributed by atoms with Gasteiger partial charge in [0, 0.05) is 30.4 Å². The zero-order valence-electron chi connectivity index (χ0n) is 18.2. The summed E-state index contributed by atoms with van der Waals surface area (Å²) in [5, 5.41) is -0.294. The molecule has 8 heteroatoms. The van der Waals surface area contributed by atoms with Crippen molar-refractivity contribution in [2.24, 2.45) is 0 Å². The topological polar surface area (TPSA) is 68.3 Å². The average molecular weight is 455 g/mol. The number of ether oxygens (including phenoxy) is 3. The first kappa shape index (κ1) is 22.2. The Kier molecular flexibility index (Phi) is 7.02. The van der Waals surface area contributed by atoms with Gasteiger partial charge in [-0.05, 0) is 49.0 Å². The molecule has 2 saturated heterocycles. The molecule has 0 unspecified atom stereocenters. The van der Waals surface area contributed by atoms with Crippen molar-refractivity contribution >= 4 is 34.7 Å². The van der Waals surface area contributed by atoms with E-state index < -0.39 is 0 Å². The summed E-state index contributed by atoms with van der Waals surface area (Å²) in [4.78, 5) is 29.1. The molecule has 0 spiro atoms. The van der Waals surface area contributed by atoms with E-state index in [1.807, 2.05) is 49.4 Å². The Morgan fingerprint density at radius 2 is 1.84 bits per heavy atom. The van der Waals surface area contributed by atoms with Crippen molar-refractivity contribution < 1.29 is 23.8 Å². The van der Waals surface area contributed by atoms with Gasteiger partial charge in [-0.1, -0.05) is 17.7 Å². The van der Waals surface area contributed by atoms with Gasteiger partial charge in [-0.15, -0.1) is 0 Å². The summed E-state index contributed by atoms with van der Waals surface area (Å²) in [6.45, 7) is 5.49. The van der Waals surface area contributed by atoms with Crippen LogP contribution in [0.3, 0.4) is 0 Å². The predicted molar refractivity (Wildman–Crippen MR) is 125 cm³/mol. The molecule has 0 N–H and O–H groups in total. The van der Waals surface area contributed by atoms with E-state index in [0.717, 1.165) is 41.7 Å². The number of amides is 2. The quantitative estimate of drug-likeness (QED) is 0.587. The van der Waals surface area contributed by atoms with Crippen LogP contribution >= 0.6 is 11.8 Å². The number of carbonyl (C=O) groups excluding carboxylic acids is 2. The van der Waals surface area contributed by atoms with Gasteiger partial charge in [0.25, 0.3) is 11.1 Å². The number of carbonyl (C=O) groups is 2. The number of morpholine rings is 1. The summed E-state index contributed by atoms with van der Waals surface area (Å²) in [5.41, 5.74) is 2.94. The third kappa shape index (κ3) is 5.08. The van der Waals surface area contributed by atoms with E-state index >= 15 is 0 Å². The van der Waals surface area contributed by atoms with Crippen LogP contribution in [0.15, 0.2) is 47.4 Å². The Morgan fingerprint density at radius 3 is 2.56 bits per heavy atom. The molecule has 2 aromatic rings. The Labute approximate surface area is 191 Å². The highest BCUT2D eigenvalue weighted by atomic mass is 32.2. The molecule has 0 atom stereocenters. The lowest BCUT2D eigenvalue weighted by Crippen LogP contribution is -2.36. The number of benzene rings is 2. The second-order valence-corrected chi connectivity index (χ2v) is 8.51. The molecule has 0 saturated carbocycles. The zero-order chi connectivity index (χ0) is 22.5. The van der Waals surface area contributed by atoms with Gasteiger partial charge in [0.05, 0.1) is 31.8 Å². The van der Waals surface area contributed by atoms with Crippen molar-refractivity contribution in [2.45, 2.75) is 6.92 Å². The molecule has 2 aliphatic heterocycles. The molecule has 2 heterocycles. The van der Waals surface area contributed by atoms with Crippen LogP contribution < -0.4 is 14.4 Å². The van der Waals surface area contributed by atoms with Crippen molar-refractivity contribution in [1.29, 1.82) is 0 Å². The third-order valence-corrected chi connectivity index (χ3v) is 6.27. The van der Waals surface area contributed by atoms with E-state index in [0.29, 0.717) is 29.6 Å². The molecule has 0 bridgehead atoms. The first-order chi connectivity index (χ1) is 15.5. The fourth-order valence-electron chi connectivity index (χ4n) is 3.56. The Hall–Kier alpha value is -2.97. The van der Waals surface area contributed by atoms with Crippen LogP contribution in [0.5, 0.6) is 11.5 Å². The minimum Gasteiger partial charge on any atom is -0.496 e. The van der Waals surface area contributed by atoms with E-state index in [-0.39, 0.29) is 24.3 Å². The number of hydrogen-bond acceptors (Lipinski definition) is 7. The van der Waals surface area contributed by atoms with Crippen molar-refractivity contribution in [3.63, 3.8) is 0 Å². The molecule has 4 rings (SSSR count). The normalized spacial score (nSPS) is 17.9. The summed E-state index contributed by atoms with van der Waals surface area (Å²) in [6.07, 6.45) is 1.72. The highest BCUT2D eigenvalue weighted by Gasteiger charge is 2.35. The molecule has 0 aromatic heterocycles. The average Bonchev–Trinajstić information content (AvgIpc) is 3.08. The number of imide groups is 1. The van der Waals surface area contributed by atoms with Gasteiger partial charge in [-0.2, -0.15) is 0 Å². The largest absolute Gasteiger partial charge is 0.496 e. The number of nitrogens with zero attached hydrogens (tertiary/aromatic N) is 2. The van der Waals surface area contributed by atoms with Gasteiger partial charge in [-0.3, -0.25) is 14.5 Å². The Morgan fingerprint density at radius 1 is 1.09 bits per heavy atom. The first-order valence-corrected chi connectivity index (χ1v) is 11.3. The van der Waals surface area contributed by atoms with E-state index in [2.05, 4.69) is 4.90 Å². The van der Waals surface area contributed by atoms with E-state index in [1.165, 1.54) is 4.90 Å².